The molecule has 1 heterocycles. The Labute approximate surface area is 188 Å². The monoisotopic (exact) mass is 434 g/mol. The molecule has 1 aromatic heterocycles. The number of carboxylic acids is 1. The first-order valence-corrected chi connectivity index (χ1v) is 11.2. The van der Waals surface area contributed by atoms with Crippen LogP contribution in [0.1, 0.15) is 58.9 Å². The number of fused-ring (bicyclic) bond motifs is 1. The van der Waals surface area contributed by atoms with Gasteiger partial charge in [-0.3, -0.25) is 4.79 Å². The van der Waals surface area contributed by atoms with Crippen LogP contribution in [-0.4, -0.2) is 58.6 Å². The summed E-state index contributed by atoms with van der Waals surface area (Å²) in [5.74, 6) is -0.281. The topological polar surface area (TPSA) is 87.5 Å². The fourth-order valence-electron chi connectivity index (χ4n) is 4.44. The van der Waals surface area contributed by atoms with Gasteiger partial charge in [-0.2, -0.15) is 0 Å². The van der Waals surface area contributed by atoms with Gasteiger partial charge in [0.05, 0.1) is 16.6 Å². The zero-order valence-electron chi connectivity index (χ0n) is 18.7. The number of rotatable bonds is 7. The molecule has 0 unspecified atom stereocenters. The molecule has 0 atom stereocenters. The van der Waals surface area contributed by atoms with Gasteiger partial charge in [0.1, 0.15) is 5.82 Å². The van der Waals surface area contributed by atoms with E-state index < -0.39 is 5.97 Å². The molecule has 0 aliphatic heterocycles. The lowest BCUT2D eigenvalue weighted by molar-refractivity contribution is 0.0696. The standard InChI is InChI=1S/C25H30N4O3/c1-28(2)14-13-26-24(30)18-8-6-7-17(15-18)23-27-21-16-19(25(31)32)11-12-22(21)29(23)20-9-4-3-5-10-20/h6-8,11-12,15-16,20H,3-5,9-10,13-14H2,1-2H3,(H,26,30)(H,31,32). The number of aromatic carboxylic acids is 1. The van der Waals surface area contributed by atoms with Crippen LogP contribution in [0.2, 0.25) is 0 Å². The van der Waals surface area contributed by atoms with E-state index in [9.17, 15) is 14.7 Å². The Morgan fingerprint density at radius 3 is 2.59 bits per heavy atom. The van der Waals surface area contributed by atoms with Crippen LogP contribution in [0.15, 0.2) is 42.5 Å². The Kier molecular flexibility index (Phi) is 6.55. The zero-order valence-corrected chi connectivity index (χ0v) is 18.7. The molecule has 32 heavy (non-hydrogen) atoms. The van der Waals surface area contributed by atoms with Crippen molar-refractivity contribution < 1.29 is 14.7 Å². The minimum atomic E-state index is -0.961. The van der Waals surface area contributed by atoms with Crippen molar-refractivity contribution in [2.75, 3.05) is 27.2 Å². The molecule has 2 N–H and O–H groups in total. The van der Waals surface area contributed by atoms with Gasteiger partial charge in [0.15, 0.2) is 0 Å². The number of nitrogens with zero attached hydrogens (tertiary/aromatic N) is 3. The molecule has 4 rings (SSSR count). The van der Waals surface area contributed by atoms with Crippen molar-refractivity contribution in [3.05, 3.63) is 53.6 Å². The van der Waals surface area contributed by atoms with Crippen molar-refractivity contribution in [1.29, 1.82) is 0 Å². The summed E-state index contributed by atoms with van der Waals surface area (Å²) in [7, 11) is 3.94. The minimum absolute atomic E-state index is 0.109. The van der Waals surface area contributed by atoms with Gasteiger partial charge in [-0.15, -0.1) is 0 Å². The van der Waals surface area contributed by atoms with E-state index in [0.717, 1.165) is 36.3 Å². The number of carboxylic acid groups (broad SMARTS) is 1. The molecular weight excluding hydrogens is 404 g/mol. The lowest BCUT2D eigenvalue weighted by atomic mass is 9.94. The van der Waals surface area contributed by atoms with Crippen LogP contribution in [0, 0.1) is 0 Å². The van der Waals surface area contributed by atoms with Gasteiger partial charge in [-0.25, -0.2) is 9.78 Å². The second kappa shape index (κ2) is 9.53. The van der Waals surface area contributed by atoms with Gasteiger partial charge >= 0.3 is 5.97 Å². The molecule has 1 fully saturated rings. The summed E-state index contributed by atoms with van der Waals surface area (Å²) in [6.07, 6.45) is 5.73. The number of nitrogens with one attached hydrogen (secondary N) is 1. The summed E-state index contributed by atoms with van der Waals surface area (Å²) >= 11 is 0. The quantitative estimate of drug-likeness (QED) is 0.582. The van der Waals surface area contributed by atoms with Crippen LogP contribution in [0.5, 0.6) is 0 Å². The van der Waals surface area contributed by atoms with Crippen molar-refractivity contribution >= 4 is 22.9 Å². The summed E-state index contributed by atoms with van der Waals surface area (Å²) in [5.41, 5.74) is 3.30. The molecule has 0 bridgehead atoms. The smallest absolute Gasteiger partial charge is 0.335 e. The number of carbonyl (C=O) groups excluding carboxylic acids is 1. The number of likely N-dealkylation sites (N-methyl/N-ethyl adjacent to an activating group) is 1. The summed E-state index contributed by atoms with van der Waals surface area (Å²) in [5, 5.41) is 12.4. The third kappa shape index (κ3) is 4.67. The van der Waals surface area contributed by atoms with Crippen molar-refractivity contribution in [3.63, 3.8) is 0 Å². The third-order valence-corrected chi connectivity index (χ3v) is 6.10. The molecule has 1 saturated carbocycles. The maximum atomic E-state index is 12.7. The van der Waals surface area contributed by atoms with Crippen LogP contribution < -0.4 is 5.32 Å². The maximum absolute atomic E-state index is 12.7. The van der Waals surface area contributed by atoms with E-state index in [2.05, 4.69) is 9.88 Å². The van der Waals surface area contributed by atoms with Gasteiger partial charge < -0.3 is 19.9 Å². The van der Waals surface area contributed by atoms with Gasteiger partial charge in [0.25, 0.3) is 5.91 Å². The summed E-state index contributed by atoms with van der Waals surface area (Å²) in [4.78, 5) is 31.0. The van der Waals surface area contributed by atoms with E-state index in [1.54, 1.807) is 12.1 Å². The highest BCUT2D eigenvalue weighted by atomic mass is 16.4. The van der Waals surface area contributed by atoms with Crippen LogP contribution >= 0.6 is 0 Å². The average Bonchev–Trinajstić information content (AvgIpc) is 3.18. The van der Waals surface area contributed by atoms with Gasteiger partial charge in [0.2, 0.25) is 0 Å². The number of imidazole rings is 1. The van der Waals surface area contributed by atoms with Crippen molar-refractivity contribution in [2.45, 2.75) is 38.1 Å². The fraction of sp³-hybridized carbons (Fsp3) is 0.400. The second-order valence-electron chi connectivity index (χ2n) is 8.75. The Morgan fingerprint density at radius 2 is 1.88 bits per heavy atom. The van der Waals surface area contributed by atoms with Gasteiger partial charge in [0, 0.05) is 30.3 Å². The number of carbonyl (C=O) groups is 2. The Morgan fingerprint density at radius 1 is 1.09 bits per heavy atom. The lowest BCUT2D eigenvalue weighted by Crippen LogP contribution is -2.31. The Bertz CT molecular complexity index is 1130. The number of hydrogen-bond donors (Lipinski definition) is 2. The van der Waals surface area contributed by atoms with E-state index >= 15 is 0 Å². The molecule has 7 nitrogen and oxygen atoms in total. The van der Waals surface area contributed by atoms with Crippen LogP contribution in [-0.2, 0) is 0 Å². The molecule has 1 aliphatic rings. The second-order valence-corrected chi connectivity index (χ2v) is 8.75. The highest BCUT2D eigenvalue weighted by molar-refractivity contribution is 5.96. The molecule has 0 spiro atoms. The average molecular weight is 435 g/mol. The van der Waals surface area contributed by atoms with E-state index in [0.29, 0.717) is 23.7 Å². The molecule has 1 amide bonds. The Balaban J connectivity index is 1.74. The van der Waals surface area contributed by atoms with E-state index in [4.69, 9.17) is 4.98 Å². The van der Waals surface area contributed by atoms with Crippen LogP contribution in [0.3, 0.4) is 0 Å². The van der Waals surface area contributed by atoms with Crippen molar-refractivity contribution in [3.8, 4) is 11.4 Å². The van der Waals surface area contributed by atoms with E-state index in [1.807, 2.05) is 49.3 Å². The highest BCUT2D eigenvalue weighted by Crippen LogP contribution is 2.36. The third-order valence-electron chi connectivity index (χ3n) is 6.10. The first-order chi connectivity index (χ1) is 15.4. The van der Waals surface area contributed by atoms with Crippen molar-refractivity contribution in [2.24, 2.45) is 0 Å². The number of benzene rings is 2. The largest absolute Gasteiger partial charge is 0.478 e. The van der Waals surface area contributed by atoms with Crippen molar-refractivity contribution in [1.82, 2.24) is 19.8 Å². The summed E-state index contributed by atoms with van der Waals surface area (Å²) in [6, 6.07) is 13.0. The molecule has 0 radical (unpaired) electrons. The van der Waals surface area contributed by atoms with E-state index in [1.165, 1.54) is 19.3 Å². The maximum Gasteiger partial charge on any atom is 0.335 e. The SMILES string of the molecule is CN(C)CCNC(=O)c1cccc(-c2nc3cc(C(=O)O)ccc3n2C2CCCCC2)c1. The number of hydrogen-bond acceptors (Lipinski definition) is 4. The number of aromatic nitrogens is 2. The predicted molar refractivity (Wildman–Crippen MR) is 125 cm³/mol. The lowest BCUT2D eigenvalue weighted by Gasteiger charge is -2.25. The van der Waals surface area contributed by atoms with Gasteiger partial charge in [-0.1, -0.05) is 31.4 Å². The first kappa shape index (κ1) is 22.0. The minimum Gasteiger partial charge on any atom is -0.478 e. The number of amides is 1. The van der Waals surface area contributed by atoms with E-state index in [-0.39, 0.29) is 11.5 Å². The molecule has 168 valence electrons. The summed E-state index contributed by atoms with van der Waals surface area (Å²) in [6.45, 7) is 1.35. The molecular formula is C25H30N4O3. The van der Waals surface area contributed by atoms with Crippen LogP contribution in [0.25, 0.3) is 22.4 Å². The molecule has 1 aliphatic carbocycles. The highest BCUT2D eigenvalue weighted by Gasteiger charge is 2.23. The summed E-state index contributed by atoms with van der Waals surface area (Å²) < 4.78 is 2.25. The molecule has 0 saturated heterocycles. The molecule has 7 heteroatoms. The fourth-order valence-corrected chi connectivity index (χ4v) is 4.44. The van der Waals surface area contributed by atoms with Crippen LogP contribution in [0.4, 0.5) is 0 Å². The molecule has 2 aromatic carbocycles. The Hall–Kier alpha value is -3.19. The first-order valence-electron chi connectivity index (χ1n) is 11.2. The predicted octanol–water partition coefficient (Wildman–Crippen LogP) is 4.20. The zero-order chi connectivity index (χ0) is 22.7. The normalized spacial score (nSPS) is 14.7. The molecule has 3 aromatic rings. The van der Waals surface area contributed by atoms with Gasteiger partial charge in [-0.05, 0) is 57.3 Å².